The molecule has 0 aliphatic carbocycles. The Bertz CT molecular complexity index is 1030. The molecule has 0 fully saturated rings. The molecule has 5 heteroatoms. The summed E-state index contributed by atoms with van der Waals surface area (Å²) in [6.45, 7) is 6.50. The van der Waals surface area contributed by atoms with Crippen LogP contribution in [0.1, 0.15) is 31.0 Å². The van der Waals surface area contributed by atoms with Crippen LogP contribution >= 0.6 is 23.1 Å². The van der Waals surface area contributed by atoms with Crippen molar-refractivity contribution in [3.63, 3.8) is 0 Å². The van der Waals surface area contributed by atoms with Crippen LogP contribution in [0.2, 0.25) is 0 Å². The molecule has 2 aromatic heterocycles. The predicted molar refractivity (Wildman–Crippen MR) is 112 cm³/mol. The zero-order valence-corrected chi connectivity index (χ0v) is 16.8. The topological polar surface area (TPSA) is 30.7 Å². The van der Waals surface area contributed by atoms with Crippen LogP contribution in [-0.4, -0.2) is 14.8 Å². The molecule has 26 heavy (non-hydrogen) atoms. The van der Waals surface area contributed by atoms with Crippen LogP contribution in [0.15, 0.2) is 59.1 Å². The zero-order chi connectivity index (χ0) is 18.1. The second-order valence-corrected chi connectivity index (χ2v) is 8.54. The Balaban J connectivity index is 1.68. The maximum Gasteiger partial charge on any atom is 0.192 e. The minimum absolute atomic E-state index is 0.305. The highest BCUT2D eigenvalue weighted by molar-refractivity contribution is 7.98. The van der Waals surface area contributed by atoms with Crippen LogP contribution in [0.4, 0.5) is 0 Å². The van der Waals surface area contributed by atoms with Gasteiger partial charge in [0.25, 0.3) is 0 Å². The number of thioether (sulfide) groups is 1. The minimum Gasteiger partial charge on any atom is -0.299 e. The number of hydrogen-bond acceptors (Lipinski definition) is 4. The van der Waals surface area contributed by atoms with E-state index in [0.29, 0.717) is 6.04 Å². The van der Waals surface area contributed by atoms with Crippen LogP contribution in [-0.2, 0) is 5.75 Å². The largest absolute Gasteiger partial charge is 0.299 e. The van der Waals surface area contributed by atoms with Crippen LogP contribution < -0.4 is 0 Å². The summed E-state index contributed by atoms with van der Waals surface area (Å²) >= 11 is 3.51. The lowest BCUT2D eigenvalue weighted by Gasteiger charge is -2.13. The van der Waals surface area contributed by atoms with E-state index in [4.69, 9.17) is 0 Å². The smallest absolute Gasteiger partial charge is 0.192 e. The van der Waals surface area contributed by atoms with E-state index >= 15 is 0 Å². The van der Waals surface area contributed by atoms with Crippen molar-refractivity contribution in [1.29, 1.82) is 0 Å². The molecule has 3 nitrogen and oxygen atoms in total. The summed E-state index contributed by atoms with van der Waals surface area (Å²) in [6, 6.07) is 17.5. The Morgan fingerprint density at radius 1 is 1.04 bits per heavy atom. The third-order valence-corrected chi connectivity index (χ3v) is 6.37. The Labute approximate surface area is 162 Å². The van der Waals surface area contributed by atoms with Crippen molar-refractivity contribution in [1.82, 2.24) is 14.8 Å². The fourth-order valence-corrected chi connectivity index (χ4v) is 4.97. The highest BCUT2D eigenvalue weighted by Crippen LogP contribution is 2.36. The van der Waals surface area contributed by atoms with Gasteiger partial charge in [-0.05, 0) is 32.4 Å². The molecular weight excluding hydrogens is 358 g/mol. The van der Waals surface area contributed by atoms with E-state index in [-0.39, 0.29) is 0 Å². The molecule has 0 atom stereocenters. The summed E-state index contributed by atoms with van der Waals surface area (Å²) in [4.78, 5) is 0. The third kappa shape index (κ3) is 3.29. The molecule has 0 saturated heterocycles. The van der Waals surface area contributed by atoms with E-state index < -0.39 is 0 Å². The molecule has 0 unspecified atom stereocenters. The number of aromatic nitrogens is 3. The van der Waals surface area contributed by atoms with Crippen molar-refractivity contribution in [2.75, 3.05) is 0 Å². The van der Waals surface area contributed by atoms with Gasteiger partial charge in [-0.2, -0.15) is 0 Å². The quantitative estimate of drug-likeness (QED) is 0.379. The monoisotopic (exact) mass is 379 g/mol. The first kappa shape index (κ1) is 17.3. The highest BCUT2D eigenvalue weighted by atomic mass is 32.2. The Hall–Kier alpha value is -2.11. The SMILES string of the molecule is Cc1ccc(CSc2nnc(-c3csc4ccccc34)n2C(C)C)cc1. The molecule has 132 valence electrons. The van der Waals surface area contributed by atoms with Gasteiger partial charge < -0.3 is 0 Å². The predicted octanol–water partition coefficient (Wildman–Crippen LogP) is 6.34. The van der Waals surface area contributed by atoms with E-state index in [1.807, 2.05) is 0 Å². The first-order valence-electron chi connectivity index (χ1n) is 8.73. The lowest BCUT2D eigenvalue weighted by molar-refractivity contribution is 0.555. The van der Waals surface area contributed by atoms with Gasteiger partial charge in [0.1, 0.15) is 0 Å². The fraction of sp³-hybridized carbons (Fsp3) is 0.238. The van der Waals surface area contributed by atoms with Gasteiger partial charge in [0.2, 0.25) is 0 Å². The summed E-state index contributed by atoms with van der Waals surface area (Å²) in [6.07, 6.45) is 0. The van der Waals surface area contributed by atoms with E-state index in [1.165, 1.54) is 26.8 Å². The number of hydrogen-bond donors (Lipinski definition) is 0. The Morgan fingerprint density at radius 3 is 2.58 bits per heavy atom. The Kier molecular flexibility index (Phi) is 4.83. The van der Waals surface area contributed by atoms with Crippen LogP contribution in [0.3, 0.4) is 0 Å². The number of fused-ring (bicyclic) bond motifs is 1. The molecule has 0 saturated carbocycles. The van der Waals surface area contributed by atoms with Crippen molar-refractivity contribution in [3.8, 4) is 11.4 Å². The van der Waals surface area contributed by atoms with Gasteiger partial charge in [0, 0.05) is 32.8 Å². The summed E-state index contributed by atoms with van der Waals surface area (Å²) in [5, 5.41) is 13.5. The molecular formula is C21H21N3S2. The van der Waals surface area contributed by atoms with E-state index in [1.54, 1.807) is 23.1 Å². The second-order valence-electron chi connectivity index (χ2n) is 6.69. The molecule has 0 amide bonds. The molecule has 0 aliphatic heterocycles. The average Bonchev–Trinajstić information content (AvgIpc) is 3.25. The molecule has 2 aromatic carbocycles. The minimum atomic E-state index is 0.305. The normalized spacial score (nSPS) is 11.5. The van der Waals surface area contributed by atoms with Crippen molar-refractivity contribution in [2.45, 2.75) is 37.7 Å². The molecule has 0 aliphatic rings. The zero-order valence-electron chi connectivity index (χ0n) is 15.1. The van der Waals surface area contributed by atoms with E-state index in [9.17, 15) is 0 Å². The molecule has 2 heterocycles. The molecule has 0 radical (unpaired) electrons. The number of rotatable bonds is 5. The summed E-state index contributed by atoms with van der Waals surface area (Å²) in [7, 11) is 0. The van der Waals surface area contributed by atoms with E-state index in [2.05, 4.69) is 89.4 Å². The van der Waals surface area contributed by atoms with Gasteiger partial charge in [-0.25, -0.2) is 0 Å². The van der Waals surface area contributed by atoms with Crippen LogP contribution in [0, 0.1) is 6.92 Å². The maximum absolute atomic E-state index is 4.56. The lowest BCUT2D eigenvalue weighted by atomic mass is 10.1. The third-order valence-electron chi connectivity index (χ3n) is 4.39. The molecule has 4 aromatic rings. The summed E-state index contributed by atoms with van der Waals surface area (Å²) in [5.41, 5.74) is 3.77. The summed E-state index contributed by atoms with van der Waals surface area (Å²) in [5.74, 6) is 1.86. The molecule has 0 N–H and O–H groups in total. The first-order valence-corrected chi connectivity index (χ1v) is 10.6. The molecule has 0 spiro atoms. The van der Waals surface area contributed by atoms with Gasteiger partial charge >= 0.3 is 0 Å². The summed E-state index contributed by atoms with van der Waals surface area (Å²) < 4.78 is 3.54. The van der Waals surface area contributed by atoms with Crippen LogP contribution in [0.25, 0.3) is 21.5 Å². The average molecular weight is 380 g/mol. The standard InChI is InChI=1S/C21H21N3S2/c1-14(2)24-20(18-13-25-19-7-5-4-6-17(18)19)22-23-21(24)26-12-16-10-8-15(3)9-11-16/h4-11,13-14H,12H2,1-3H3. The number of aryl methyl sites for hydroxylation is 1. The molecule has 4 rings (SSSR count). The van der Waals surface area contributed by atoms with Crippen molar-refractivity contribution < 1.29 is 0 Å². The van der Waals surface area contributed by atoms with Gasteiger partial charge in [-0.15, -0.1) is 21.5 Å². The lowest BCUT2D eigenvalue weighted by Crippen LogP contribution is -2.05. The number of benzene rings is 2. The van der Waals surface area contributed by atoms with Gasteiger partial charge in [0.15, 0.2) is 11.0 Å². The second kappa shape index (κ2) is 7.25. The van der Waals surface area contributed by atoms with Crippen molar-refractivity contribution in [3.05, 3.63) is 65.0 Å². The fourth-order valence-electron chi connectivity index (χ4n) is 3.01. The van der Waals surface area contributed by atoms with E-state index in [0.717, 1.165) is 16.7 Å². The maximum atomic E-state index is 4.56. The van der Waals surface area contributed by atoms with Crippen molar-refractivity contribution >= 4 is 33.2 Å². The van der Waals surface area contributed by atoms with Gasteiger partial charge in [0.05, 0.1) is 0 Å². The highest BCUT2D eigenvalue weighted by Gasteiger charge is 2.19. The number of thiophene rings is 1. The van der Waals surface area contributed by atoms with Gasteiger partial charge in [-0.1, -0.05) is 59.8 Å². The van der Waals surface area contributed by atoms with Gasteiger partial charge in [-0.3, -0.25) is 4.57 Å². The number of nitrogens with zero attached hydrogens (tertiary/aromatic N) is 3. The first-order chi connectivity index (χ1) is 12.6. The van der Waals surface area contributed by atoms with Crippen molar-refractivity contribution in [2.24, 2.45) is 0 Å². The van der Waals surface area contributed by atoms with Crippen LogP contribution in [0.5, 0.6) is 0 Å². The molecule has 0 bridgehead atoms. The Morgan fingerprint density at radius 2 is 1.81 bits per heavy atom.